The molecule has 2 aromatic rings. The lowest BCUT2D eigenvalue weighted by Crippen LogP contribution is -2.35. The van der Waals surface area contributed by atoms with Gasteiger partial charge in [0.05, 0.1) is 0 Å². The van der Waals surface area contributed by atoms with Crippen LogP contribution in [0.2, 0.25) is 5.02 Å². The average molecular weight is 248 g/mol. The molecule has 0 spiro atoms. The Balaban J connectivity index is 2.05. The summed E-state index contributed by atoms with van der Waals surface area (Å²) in [4.78, 5) is 0. The molecule has 3 rings (SSSR count). The van der Waals surface area contributed by atoms with E-state index in [-0.39, 0.29) is 5.41 Å². The SMILES string of the molecule is Nc1cc(C2(c3ccc(Cl)cc3)CCC2)[nH]n1. The summed E-state index contributed by atoms with van der Waals surface area (Å²) in [5, 5.41) is 7.86. The summed E-state index contributed by atoms with van der Waals surface area (Å²) in [7, 11) is 0. The highest BCUT2D eigenvalue weighted by atomic mass is 35.5. The number of hydrogen-bond acceptors (Lipinski definition) is 2. The summed E-state index contributed by atoms with van der Waals surface area (Å²) >= 11 is 5.93. The largest absolute Gasteiger partial charge is 0.382 e. The molecule has 1 aliphatic rings. The summed E-state index contributed by atoms with van der Waals surface area (Å²) in [6, 6.07) is 10.0. The first kappa shape index (κ1) is 10.7. The van der Waals surface area contributed by atoms with Gasteiger partial charge in [-0.25, -0.2) is 0 Å². The second-order valence-corrected chi connectivity index (χ2v) is 5.09. The smallest absolute Gasteiger partial charge is 0.145 e. The van der Waals surface area contributed by atoms with E-state index in [2.05, 4.69) is 22.3 Å². The zero-order valence-electron chi connectivity index (χ0n) is 9.41. The van der Waals surface area contributed by atoms with Gasteiger partial charge in [0.25, 0.3) is 0 Å². The van der Waals surface area contributed by atoms with Gasteiger partial charge in [-0.05, 0) is 30.5 Å². The molecule has 1 aromatic carbocycles. The Morgan fingerprint density at radius 3 is 2.41 bits per heavy atom. The predicted molar refractivity (Wildman–Crippen MR) is 69.1 cm³/mol. The van der Waals surface area contributed by atoms with Crippen molar-refractivity contribution in [1.82, 2.24) is 10.2 Å². The summed E-state index contributed by atoms with van der Waals surface area (Å²) in [6.07, 6.45) is 3.51. The summed E-state index contributed by atoms with van der Waals surface area (Å²) in [5.74, 6) is 0.556. The molecule has 1 aromatic heterocycles. The molecule has 4 heteroatoms. The summed E-state index contributed by atoms with van der Waals surface area (Å²) in [5.41, 5.74) is 8.16. The Morgan fingerprint density at radius 2 is 1.94 bits per heavy atom. The maximum Gasteiger partial charge on any atom is 0.145 e. The minimum absolute atomic E-state index is 0.0647. The normalized spacial score (nSPS) is 17.7. The Hall–Kier alpha value is -1.48. The molecule has 3 nitrogen and oxygen atoms in total. The fraction of sp³-hybridized carbons (Fsp3) is 0.308. The van der Waals surface area contributed by atoms with Crippen LogP contribution in [0.4, 0.5) is 5.82 Å². The lowest BCUT2D eigenvalue weighted by molar-refractivity contribution is 0.293. The molecular formula is C13H14ClN3. The van der Waals surface area contributed by atoms with E-state index in [4.69, 9.17) is 17.3 Å². The maximum absolute atomic E-state index is 5.93. The van der Waals surface area contributed by atoms with Gasteiger partial charge in [-0.2, -0.15) is 5.10 Å². The molecule has 1 aliphatic carbocycles. The molecule has 17 heavy (non-hydrogen) atoms. The van der Waals surface area contributed by atoms with Crippen molar-refractivity contribution >= 4 is 17.4 Å². The van der Waals surface area contributed by atoms with Gasteiger partial charge in [-0.3, -0.25) is 5.10 Å². The molecule has 3 N–H and O–H groups in total. The van der Waals surface area contributed by atoms with E-state index in [1.165, 1.54) is 12.0 Å². The van der Waals surface area contributed by atoms with Crippen LogP contribution in [0, 0.1) is 0 Å². The van der Waals surface area contributed by atoms with Crippen molar-refractivity contribution in [3.63, 3.8) is 0 Å². The van der Waals surface area contributed by atoms with Gasteiger partial charge in [-0.1, -0.05) is 30.2 Å². The number of nitrogens with two attached hydrogens (primary N) is 1. The van der Waals surface area contributed by atoms with Crippen molar-refractivity contribution in [2.75, 3.05) is 5.73 Å². The zero-order chi connectivity index (χ0) is 11.9. The first-order valence-corrected chi connectivity index (χ1v) is 6.16. The van der Waals surface area contributed by atoms with Gasteiger partial charge < -0.3 is 5.73 Å². The second-order valence-electron chi connectivity index (χ2n) is 4.65. The standard InChI is InChI=1S/C13H14ClN3/c14-10-4-2-9(3-5-10)13(6-1-7-13)11-8-12(15)17-16-11/h2-5,8H,1,6-7H2,(H3,15,16,17). The highest BCUT2D eigenvalue weighted by molar-refractivity contribution is 6.30. The number of nitrogen functional groups attached to an aromatic ring is 1. The van der Waals surface area contributed by atoms with Crippen molar-refractivity contribution in [3.8, 4) is 0 Å². The van der Waals surface area contributed by atoms with Crippen LogP contribution in [0.3, 0.4) is 0 Å². The van der Waals surface area contributed by atoms with Crippen LogP contribution < -0.4 is 5.73 Å². The van der Waals surface area contributed by atoms with Crippen molar-refractivity contribution < 1.29 is 0 Å². The number of aromatic amines is 1. The minimum Gasteiger partial charge on any atom is -0.382 e. The monoisotopic (exact) mass is 247 g/mol. The lowest BCUT2D eigenvalue weighted by atomic mass is 9.62. The zero-order valence-corrected chi connectivity index (χ0v) is 10.2. The third kappa shape index (κ3) is 1.62. The number of nitrogens with one attached hydrogen (secondary N) is 1. The van der Waals surface area contributed by atoms with Gasteiger partial charge in [0.15, 0.2) is 0 Å². The number of anilines is 1. The minimum atomic E-state index is 0.0647. The Bertz CT molecular complexity index is 526. The Labute approximate surface area is 105 Å². The molecule has 0 amide bonds. The van der Waals surface area contributed by atoms with Crippen LogP contribution in [-0.2, 0) is 5.41 Å². The fourth-order valence-corrected chi connectivity index (χ4v) is 2.72. The van der Waals surface area contributed by atoms with E-state index in [9.17, 15) is 0 Å². The second kappa shape index (κ2) is 3.77. The fourth-order valence-electron chi connectivity index (χ4n) is 2.60. The van der Waals surface area contributed by atoms with Crippen LogP contribution in [0.5, 0.6) is 0 Å². The molecule has 88 valence electrons. The topological polar surface area (TPSA) is 54.7 Å². The van der Waals surface area contributed by atoms with E-state index in [0.717, 1.165) is 23.6 Å². The number of nitrogens with zero attached hydrogens (tertiary/aromatic N) is 1. The van der Waals surface area contributed by atoms with Gasteiger partial charge >= 0.3 is 0 Å². The van der Waals surface area contributed by atoms with Crippen molar-refractivity contribution in [2.24, 2.45) is 0 Å². The van der Waals surface area contributed by atoms with Crippen LogP contribution in [0.1, 0.15) is 30.5 Å². The van der Waals surface area contributed by atoms with Crippen molar-refractivity contribution in [2.45, 2.75) is 24.7 Å². The van der Waals surface area contributed by atoms with E-state index in [0.29, 0.717) is 5.82 Å². The van der Waals surface area contributed by atoms with Crippen molar-refractivity contribution in [1.29, 1.82) is 0 Å². The van der Waals surface area contributed by atoms with Gasteiger partial charge in [0, 0.05) is 22.2 Å². The molecule has 0 saturated heterocycles. The van der Waals surface area contributed by atoms with Crippen LogP contribution >= 0.6 is 11.6 Å². The van der Waals surface area contributed by atoms with Gasteiger partial charge in [-0.15, -0.1) is 0 Å². The number of hydrogen-bond donors (Lipinski definition) is 2. The molecule has 0 atom stereocenters. The number of H-pyrrole nitrogens is 1. The highest BCUT2D eigenvalue weighted by Crippen LogP contribution is 2.48. The Morgan fingerprint density at radius 1 is 1.24 bits per heavy atom. The quantitative estimate of drug-likeness (QED) is 0.857. The molecule has 0 bridgehead atoms. The predicted octanol–water partition coefficient (Wildman–Crippen LogP) is 3.12. The lowest BCUT2D eigenvalue weighted by Gasteiger charge is -2.41. The van der Waals surface area contributed by atoms with Gasteiger partial charge in [0.1, 0.15) is 5.82 Å². The van der Waals surface area contributed by atoms with Crippen LogP contribution in [-0.4, -0.2) is 10.2 Å². The van der Waals surface area contributed by atoms with Crippen LogP contribution in [0.25, 0.3) is 0 Å². The van der Waals surface area contributed by atoms with E-state index < -0.39 is 0 Å². The first-order chi connectivity index (χ1) is 8.21. The molecular weight excluding hydrogens is 234 g/mol. The van der Waals surface area contributed by atoms with E-state index in [1.54, 1.807) is 0 Å². The molecule has 1 saturated carbocycles. The summed E-state index contributed by atoms with van der Waals surface area (Å²) < 4.78 is 0. The van der Waals surface area contributed by atoms with Crippen LogP contribution in [0.15, 0.2) is 30.3 Å². The molecule has 0 unspecified atom stereocenters. The van der Waals surface area contributed by atoms with E-state index >= 15 is 0 Å². The van der Waals surface area contributed by atoms with E-state index in [1.807, 2.05) is 18.2 Å². The molecule has 0 radical (unpaired) electrons. The van der Waals surface area contributed by atoms with Crippen molar-refractivity contribution in [3.05, 3.63) is 46.6 Å². The number of rotatable bonds is 2. The highest BCUT2D eigenvalue weighted by Gasteiger charge is 2.41. The number of benzene rings is 1. The first-order valence-electron chi connectivity index (χ1n) is 5.78. The summed E-state index contributed by atoms with van der Waals surface area (Å²) in [6.45, 7) is 0. The molecule has 0 aliphatic heterocycles. The number of halogens is 1. The number of aromatic nitrogens is 2. The third-order valence-electron chi connectivity index (χ3n) is 3.72. The molecule has 1 heterocycles. The maximum atomic E-state index is 5.93. The third-order valence-corrected chi connectivity index (χ3v) is 3.97. The van der Waals surface area contributed by atoms with Gasteiger partial charge in [0.2, 0.25) is 0 Å². The molecule has 1 fully saturated rings. The Kier molecular flexibility index (Phi) is 2.37. The average Bonchev–Trinajstić information content (AvgIpc) is 2.67.